The maximum absolute atomic E-state index is 12.1. The molecule has 0 aliphatic heterocycles. The van der Waals surface area contributed by atoms with Gasteiger partial charge in [-0.25, -0.2) is 8.42 Å². The molecule has 4 nitrogen and oxygen atoms in total. The molecule has 20 heavy (non-hydrogen) atoms. The van der Waals surface area contributed by atoms with Gasteiger partial charge < -0.3 is 10.1 Å². The van der Waals surface area contributed by atoms with Crippen molar-refractivity contribution in [3.05, 3.63) is 54.6 Å². The fraction of sp³-hybridized carbons (Fsp3) is 0.200. The minimum Gasteiger partial charge on any atom is -0.497 e. The van der Waals surface area contributed by atoms with Gasteiger partial charge >= 0.3 is 0 Å². The molecule has 0 aliphatic rings. The van der Waals surface area contributed by atoms with Gasteiger partial charge in [0, 0.05) is 12.2 Å². The Kier molecular flexibility index (Phi) is 4.63. The molecule has 0 aliphatic carbocycles. The van der Waals surface area contributed by atoms with E-state index < -0.39 is 9.84 Å². The second-order valence-corrected chi connectivity index (χ2v) is 6.40. The third-order valence-electron chi connectivity index (χ3n) is 2.89. The molecule has 0 saturated carbocycles. The number of hydrogen-bond acceptors (Lipinski definition) is 4. The van der Waals surface area contributed by atoms with E-state index in [2.05, 4.69) is 5.32 Å². The fourth-order valence-corrected chi connectivity index (χ4v) is 2.96. The van der Waals surface area contributed by atoms with E-state index in [0.29, 0.717) is 11.4 Å². The lowest BCUT2D eigenvalue weighted by Crippen LogP contribution is -2.15. The van der Waals surface area contributed by atoms with E-state index in [4.69, 9.17) is 4.74 Å². The van der Waals surface area contributed by atoms with Gasteiger partial charge in [-0.05, 0) is 36.4 Å². The van der Waals surface area contributed by atoms with Gasteiger partial charge in [-0.3, -0.25) is 0 Å². The Bertz CT molecular complexity index is 637. The van der Waals surface area contributed by atoms with E-state index in [9.17, 15) is 8.42 Å². The molecule has 2 aromatic carbocycles. The predicted molar refractivity (Wildman–Crippen MR) is 80.0 cm³/mol. The SMILES string of the molecule is COc1ccc(NCCS(=O)(=O)c2ccccc2)cc1. The Morgan fingerprint density at radius 1 is 1.00 bits per heavy atom. The Morgan fingerprint density at radius 3 is 2.25 bits per heavy atom. The predicted octanol–water partition coefficient (Wildman–Crippen LogP) is 2.58. The largest absolute Gasteiger partial charge is 0.497 e. The number of benzene rings is 2. The van der Waals surface area contributed by atoms with E-state index in [1.807, 2.05) is 24.3 Å². The zero-order valence-electron chi connectivity index (χ0n) is 11.2. The average Bonchev–Trinajstić information content (AvgIpc) is 2.49. The van der Waals surface area contributed by atoms with Crippen LogP contribution in [0.25, 0.3) is 0 Å². The van der Waals surface area contributed by atoms with Crippen LogP contribution in [0.1, 0.15) is 0 Å². The number of hydrogen-bond donors (Lipinski definition) is 1. The summed E-state index contributed by atoms with van der Waals surface area (Å²) in [4.78, 5) is 0.358. The molecule has 2 rings (SSSR count). The van der Waals surface area contributed by atoms with Crippen molar-refractivity contribution in [2.75, 3.05) is 24.7 Å². The molecule has 0 amide bonds. The third kappa shape index (κ3) is 3.74. The quantitative estimate of drug-likeness (QED) is 0.889. The highest BCUT2D eigenvalue weighted by atomic mass is 32.2. The van der Waals surface area contributed by atoms with Crippen molar-refractivity contribution in [3.63, 3.8) is 0 Å². The van der Waals surface area contributed by atoms with Gasteiger partial charge in [0.15, 0.2) is 9.84 Å². The smallest absolute Gasteiger partial charge is 0.180 e. The minimum atomic E-state index is -3.23. The maximum Gasteiger partial charge on any atom is 0.180 e. The van der Waals surface area contributed by atoms with Gasteiger partial charge in [0.25, 0.3) is 0 Å². The normalized spacial score (nSPS) is 11.1. The van der Waals surface area contributed by atoms with Crippen molar-refractivity contribution >= 4 is 15.5 Å². The summed E-state index contributed by atoms with van der Waals surface area (Å²) in [7, 11) is -1.62. The van der Waals surface area contributed by atoms with Crippen molar-refractivity contribution in [1.82, 2.24) is 0 Å². The second kappa shape index (κ2) is 6.43. The van der Waals surface area contributed by atoms with E-state index in [0.717, 1.165) is 11.4 Å². The van der Waals surface area contributed by atoms with Crippen molar-refractivity contribution in [2.24, 2.45) is 0 Å². The number of methoxy groups -OCH3 is 1. The molecule has 0 bridgehead atoms. The van der Waals surface area contributed by atoms with Gasteiger partial charge in [0.1, 0.15) is 5.75 Å². The van der Waals surface area contributed by atoms with E-state index in [-0.39, 0.29) is 5.75 Å². The average molecular weight is 291 g/mol. The molecule has 0 heterocycles. The van der Waals surface area contributed by atoms with E-state index in [1.165, 1.54) is 0 Å². The van der Waals surface area contributed by atoms with Crippen LogP contribution in [0.5, 0.6) is 5.75 Å². The molecule has 0 atom stereocenters. The van der Waals surface area contributed by atoms with Crippen molar-refractivity contribution < 1.29 is 13.2 Å². The summed E-state index contributed by atoms with van der Waals surface area (Å²) in [5.41, 5.74) is 0.870. The van der Waals surface area contributed by atoms with Crippen LogP contribution in [0.4, 0.5) is 5.69 Å². The Balaban J connectivity index is 1.92. The van der Waals surface area contributed by atoms with Crippen LogP contribution in [-0.4, -0.2) is 27.8 Å². The van der Waals surface area contributed by atoms with Crippen LogP contribution < -0.4 is 10.1 Å². The molecule has 0 radical (unpaired) electrons. The summed E-state index contributed by atoms with van der Waals surface area (Å²) in [5, 5.41) is 3.09. The van der Waals surface area contributed by atoms with Crippen LogP contribution >= 0.6 is 0 Å². The highest BCUT2D eigenvalue weighted by Crippen LogP contribution is 2.15. The first-order chi connectivity index (χ1) is 9.62. The molecular formula is C15H17NO3S. The summed E-state index contributed by atoms with van der Waals surface area (Å²) >= 11 is 0. The van der Waals surface area contributed by atoms with Crippen LogP contribution in [0.15, 0.2) is 59.5 Å². The molecule has 0 unspecified atom stereocenters. The maximum atomic E-state index is 12.1. The highest BCUT2D eigenvalue weighted by Gasteiger charge is 2.12. The highest BCUT2D eigenvalue weighted by molar-refractivity contribution is 7.91. The lowest BCUT2D eigenvalue weighted by Gasteiger charge is -2.08. The summed E-state index contributed by atoms with van der Waals surface area (Å²) < 4.78 is 29.2. The van der Waals surface area contributed by atoms with Gasteiger partial charge in [-0.15, -0.1) is 0 Å². The van der Waals surface area contributed by atoms with Gasteiger partial charge in [-0.2, -0.15) is 0 Å². The first-order valence-corrected chi connectivity index (χ1v) is 7.93. The summed E-state index contributed by atoms with van der Waals surface area (Å²) in [6, 6.07) is 15.8. The summed E-state index contributed by atoms with van der Waals surface area (Å²) in [6.07, 6.45) is 0. The van der Waals surface area contributed by atoms with Gasteiger partial charge in [0.2, 0.25) is 0 Å². The number of nitrogens with one attached hydrogen (secondary N) is 1. The minimum absolute atomic E-state index is 0.0586. The topological polar surface area (TPSA) is 55.4 Å². The monoisotopic (exact) mass is 291 g/mol. The molecule has 0 saturated heterocycles. The van der Waals surface area contributed by atoms with Crippen molar-refractivity contribution in [3.8, 4) is 5.75 Å². The van der Waals surface area contributed by atoms with Crippen LogP contribution in [-0.2, 0) is 9.84 Å². The first kappa shape index (κ1) is 14.4. The molecule has 106 valence electrons. The molecule has 0 spiro atoms. The Morgan fingerprint density at radius 2 is 1.65 bits per heavy atom. The first-order valence-electron chi connectivity index (χ1n) is 6.27. The van der Waals surface area contributed by atoms with Crippen LogP contribution in [0.2, 0.25) is 0 Å². The molecule has 1 N–H and O–H groups in total. The molecule has 5 heteroatoms. The summed E-state index contributed by atoms with van der Waals surface area (Å²) in [5.74, 6) is 0.829. The Hall–Kier alpha value is -2.01. The number of sulfone groups is 1. The molecule has 2 aromatic rings. The number of anilines is 1. The lowest BCUT2D eigenvalue weighted by molar-refractivity contribution is 0.415. The second-order valence-electron chi connectivity index (χ2n) is 4.29. The lowest BCUT2D eigenvalue weighted by atomic mass is 10.3. The van der Waals surface area contributed by atoms with Crippen molar-refractivity contribution in [2.45, 2.75) is 4.90 Å². The zero-order chi connectivity index (χ0) is 14.4. The van der Waals surface area contributed by atoms with Crippen molar-refractivity contribution in [1.29, 1.82) is 0 Å². The van der Waals surface area contributed by atoms with E-state index >= 15 is 0 Å². The summed E-state index contributed by atoms with van der Waals surface area (Å²) in [6.45, 7) is 0.365. The molecule has 0 fully saturated rings. The molecular weight excluding hydrogens is 274 g/mol. The molecule has 0 aromatic heterocycles. The fourth-order valence-electron chi connectivity index (χ4n) is 1.78. The number of rotatable bonds is 6. The third-order valence-corrected chi connectivity index (χ3v) is 4.62. The van der Waals surface area contributed by atoms with E-state index in [1.54, 1.807) is 37.4 Å². The number of ether oxygens (including phenoxy) is 1. The zero-order valence-corrected chi connectivity index (χ0v) is 12.1. The Labute approximate surface area is 119 Å². The van der Waals surface area contributed by atoms with Crippen LogP contribution in [0.3, 0.4) is 0 Å². The standard InChI is InChI=1S/C15H17NO3S/c1-19-14-9-7-13(8-10-14)16-11-12-20(17,18)15-5-3-2-4-6-15/h2-10,16H,11-12H2,1H3. The van der Waals surface area contributed by atoms with Gasteiger partial charge in [-0.1, -0.05) is 18.2 Å². The van der Waals surface area contributed by atoms with Crippen LogP contribution in [0, 0.1) is 0 Å². The van der Waals surface area contributed by atoms with Gasteiger partial charge in [0.05, 0.1) is 17.8 Å².